The van der Waals surface area contributed by atoms with Crippen LogP contribution in [0.15, 0.2) is 182 Å². The quantitative estimate of drug-likeness (QED) is 0.122. The van der Waals surface area contributed by atoms with E-state index in [1.165, 1.54) is 113 Å². The highest BCUT2D eigenvalue weighted by atomic mass is 15.1. The molecule has 0 atom stereocenters. The van der Waals surface area contributed by atoms with Crippen molar-refractivity contribution >= 4 is 66.4 Å². The number of fused-ring (bicyclic) bond motifs is 6. The average molecular weight is 865 g/mol. The molecule has 0 unspecified atom stereocenters. The van der Waals surface area contributed by atoms with E-state index >= 15 is 0 Å². The van der Waals surface area contributed by atoms with Crippen LogP contribution >= 0.6 is 0 Å². The molecule has 0 aliphatic heterocycles. The first-order chi connectivity index (χ1) is 32.1. The fourth-order valence-electron chi connectivity index (χ4n) is 9.59. The molecule has 4 nitrogen and oxygen atoms in total. The number of rotatable bonds is 12. The number of aryl methyl sites for hydroxylation is 2. The zero-order valence-corrected chi connectivity index (χ0v) is 40.1. The SMILES string of the molecule is CC(C)c1ccc2c(c1)c1cc(C(C)C)ccc1n2-c1ccc(N(C)c2ccccc2)cc1.CCCc1ccc2c(c1)c1cc(CCC)ccc1n2-c1ccc(N(C)c2ccccc2)cc1. The Hall–Kier alpha value is -7.04. The van der Waals surface area contributed by atoms with Gasteiger partial charge in [-0.15, -0.1) is 0 Å². The number of hydrogen-bond donors (Lipinski definition) is 0. The topological polar surface area (TPSA) is 16.3 Å². The molecule has 66 heavy (non-hydrogen) atoms. The largest absolute Gasteiger partial charge is 0.345 e. The lowest BCUT2D eigenvalue weighted by Crippen LogP contribution is -2.09. The highest BCUT2D eigenvalue weighted by Gasteiger charge is 2.17. The summed E-state index contributed by atoms with van der Waals surface area (Å²) in [5.74, 6) is 1.02. The van der Waals surface area contributed by atoms with Gasteiger partial charge in [0.1, 0.15) is 0 Å². The van der Waals surface area contributed by atoms with Crippen LogP contribution in [0.4, 0.5) is 22.7 Å². The molecule has 0 saturated carbocycles. The Labute approximate surface area is 392 Å². The normalized spacial score (nSPS) is 11.5. The van der Waals surface area contributed by atoms with Crippen LogP contribution in [0.5, 0.6) is 0 Å². The minimum absolute atomic E-state index is 0.508. The van der Waals surface area contributed by atoms with Gasteiger partial charge in [0.15, 0.2) is 0 Å². The van der Waals surface area contributed by atoms with Crippen molar-refractivity contribution in [3.8, 4) is 11.4 Å². The molecule has 0 spiro atoms. The Morgan fingerprint density at radius 1 is 0.364 bits per heavy atom. The van der Waals surface area contributed by atoms with Gasteiger partial charge in [0.25, 0.3) is 0 Å². The Morgan fingerprint density at radius 2 is 0.682 bits per heavy atom. The van der Waals surface area contributed by atoms with E-state index in [9.17, 15) is 0 Å². The van der Waals surface area contributed by atoms with E-state index in [2.05, 4.69) is 257 Å². The number of benzene rings is 8. The van der Waals surface area contributed by atoms with Gasteiger partial charge in [-0.3, -0.25) is 0 Å². The Balaban J connectivity index is 0.000000166. The van der Waals surface area contributed by atoms with E-state index in [1.54, 1.807) is 0 Å². The smallest absolute Gasteiger partial charge is 0.0541 e. The van der Waals surface area contributed by atoms with E-state index in [0.29, 0.717) is 11.8 Å². The maximum atomic E-state index is 2.42. The zero-order chi connectivity index (χ0) is 45.9. The first kappa shape index (κ1) is 44.2. The fourth-order valence-corrected chi connectivity index (χ4v) is 9.59. The fraction of sp³-hybridized carbons (Fsp3) is 0.226. The minimum atomic E-state index is 0.508. The molecule has 0 amide bonds. The standard InChI is InChI=1S/2C31H32N2/c1-21(2)23-11-17-30-28(19-23)29-20-24(22(3)4)12-18-31(29)33(30)27-15-13-26(14-16-27)32(5)25-9-7-6-8-10-25;1-4-9-23-13-19-30-28(21-23)29-22-24(10-5-2)14-20-31(29)33(30)27-17-15-26(16-18-27)32(3)25-11-7-6-8-12-25/h6-22H,1-5H3;6-8,11-22H,4-5,9-10H2,1-3H3. The van der Waals surface area contributed by atoms with Gasteiger partial charge in [-0.2, -0.15) is 0 Å². The molecule has 0 radical (unpaired) electrons. The van der Waals surface area contributed by atoms with Gasteiger partial charge >= 0.3 is 0 Å². The lowest BCUT2D eigenvalue weighted by atomic mass is 9.98. The summed E-state index contributed by atoms with van der Waals surface area (Å²) in [5, 5.41) is 5.40. The summed E-state index contributed by atoms with van der Waals surface area (Å²) >= 11 is 0. The van der Waals surface area contributed by atoms with Gasteiger partial charge in [0.2, 0.25) is 0 Å². The number of anilines is 4. The van der Waals surface area contributed by atoms with Gasteiger partial charge in [0, 0.05) is 69.8 Å². The molecule has 0 fully saturated rings. The molecule has 2 aromatic heterocycles. The van der Waals surface area contributed by atoms with Crippen LogP contribution in [0.1, 0.15) is 88.5 Å². The minimum Gasteiger partial charge on any atom is -0.345 e. The third kappa shape index (κ3) is 8.73. The van der Waals surface area contributed by atoms with Crippen LogP contribution in [0.2, 0.25) is 0 Å². The molecule has 0 N–H and O–H groups in total. The third-order valence-electron chi connectivity index (χ3n) is 13.4. The van der Waals surface area contributed by atoms with E-state index in [-0.39, 0.29) is 0 Å². The first-order valence-electron chi connectivity index (χ1n) is 24.1. The van der Waals surface area contributed by atoms with Crippen LogP contribution in [0, 0.1) is 0 Å². The molecule has 2 heterocycles. The maximum Gasteiger partial charge on any atom is 0.0541 e. The summed E-state index contributed by atoms with van der Waals surface area (Å²) in [6, 6.07) is 66.8. The molecule has 0 aliphatic carbocycles. The second-order valence-corrected chi connectivity index (χ2v) is 18.6. The highest BCUT2D eigenvalue weighted by Crippen LogP contribution is 2.38. The Kier molecular flexibility index (Phi) is 12.9. The van der Waals surface area contributed by atoms with Crippen molar-refractivity contribution < 1.29 is 0 Å². The predicted octanol–water partition coefficient (Wildman–Crippen LogP) is 17.3. The van der Waals surface area contributed by atoms with Crippen molar-refractivity contribution in [2.24, 2.45) is 0 Å². The van der Waals surface area contributed by atoms with Crippen LogP contribution in [0.3, 0.4) is 0 Å². The van der Waals surface area contributed by atoms with Crippen LogP contribution in [-0.4, -0.2) is 23.2 Å². The Bertz CT molecular complexity index is 3100. The lowest BCUT2D eigenvalue weighted by molar-refractivity contribution is 0.868. The summed E-state index contributed by atoms with van der Waals surface area (Å²) < 4.78 is 4.83. The summed E-state index contributed by atoms with van der Waals surface area (Å²) in [5.41, 5.74) is 17.8. The van der Waals surface area contributed by atoms with Crippen molar-refractivity contribution in [1.82, 2.24) is 9.13 Å². The van der Waals surface area contributed by atoms with E-state index in [4.69, 9.17) is 0 Å². The van der Waals surface area contributed by atoms with Crippen molar-refractivity contribution in [3.05, 3.63) is 204 Å². The number of aromatic nitrogens is 2. The molecule has 8 aromatic carbocycles. The molecule has 10 aromatic rings. The van der Waals surface area contributed by atoms with Crippen LogP contribution in [-0.2, 0) is 12.8 Å². The lowest BCUT2D eigenvalue weighted by Gasteiger charge is -2.20. The number of hydrogen-bond acceptors (Lipinski definition) is 2. The van der Waals surface area contributed by atoms with Gasteiger partial charge in [-0.05, 0) is 168 Å². The average Bonchev–Trinajstić information content (AvgIpc) is 3.86. The van der Waals surface area contributed by atoms with E-state index in [1.807, 2.05) is 0 Å². The molecular formula is C62H64N4. The van der Waals surface area contributed by atoms with Crippen molar-refractivity contribution in [3.63, 3.8) is 0 Å². The second-order valence-electron chi connectivity index (χ2n) is 18.6. The van der Waals surface area contributed by atoms with Crippen LogP contribution < -0.4 is 9.80 Å². The van der Waals surface area contributed by atoms with Gasteiger partial charge in [-0.25, -0.2) is 0 Å². The summed E-state index contributed by atoms with van der Waals surface area (Å²) in [6.07, 6.45) is 4.58. The van der Waals surface area contributed by atoms with Gasteiger partial charge in [0.05, 0.1) is 22.1 Å². The molecule has 0 saturated heterocycles. The highest BCUT2D eigenvalue weighted by molar-refractivity contribution is 6.11. The van der Waals surface area contributed by atoms with Crippen molar-refractivity contribution in [1.29, 1.82) is 0 Å². The molecule has 10 rings (SSSR count). The zero-order valence-electron chi connectivity index (χ0n) is 40.1. The summed E-state index contributed by atoms with van der Waals surface area (Å²) in [7, 11) is 4.24. The number of nitrogens with zero attached hydrogens (tertiary/aromatic N) is 4. The van der Waals surface area contributed by atoms with E-state index in [0.717, 1.165) is 12.8 Å². The summed E-state index contributed by atoms with van der Waals surface area (Å²) in [4.78, 5) is 4.45. The molecule has 0 bridgehead atoms. The van der Waals surface area contributed by atoms with Gasteiger partial charge < -0.3 is 18.9 Å². The third-order valence-corrected chi connectivity index (χ3v) is 13.4. The molecule has 4 heteroatoms. The molecule has 0 aliphatic rings. The maximum absolute atomic E-state index is 2.42. The van der Waals surface area contributed by atoms with Crippen molar-refractivity contribution in [2.45, 2.75) is 79.1 Å². The van der Waals surface area contributed by atoms with E-state index < -0.39 is 0 Å². The predicted molar refractivity (Wildman–Crippen MR) is 287 cm³/mol. The first-order valence-corrected chi connectivity index (χ1v) is 24.1. The van der Waals surface area contributed by atoms with Crippen molar-refractivity contribution in [2.75, 3.05) is 23.9 Å². The number of para-hydroxylation sites is 2. The molecular weight excluding hydrogens is 801 g/mol. The monoisotopic (exact) mass is 865 g/mol. The van der Waals surface area contributed by atoms with Crippen LogP contribution in [0.25, 0.3) is 55.0 Å². The van der Waals surface area contributed by atoms with Gasteiger partial charge in [-0.1, -0.05) is 115 Å². The second kappa shape index (κ2) is 19.2. The summed E-state index contributed by atoms with van der Waals surface area (Å²) in [6.45, 7) is 13.6. The molecule has 332 valence electrons. The Morgan fingerprint density at radius 3 is 1.02 bits per heavy atom.